The average molecular weight is 441 g/mol. The number of amides is 1. The van der Waals surface area contributed by atoms with Gasteiger partial charge in [-0.15, -0.1) is 0 Å². The van der Waals surface area contributed by atoms with Crippen LogP contribution < -0.4 is 5.46 Å². The van der Waals surface area contributed by atoms with Gasteiger partial charge in [0.15, 0.2) is 0 Å². The number of carbonyl (C=O) groups is 1. The molecule has 174 valence electrons. The monoisotopic (exact) mass is 441 g/mol. The predicted octanol–water partition coefficient (Wildman–Crippen LogP) is 4.13. The highest BCUT2D eigenvalue weighted by Gasteiger charge is 2.52. The maximum Gasteiger partial charge on any atom is 0.497 e. The third-order valence-corrected chi connectivity index (χ3v) is 6.59. The van der Waals surface area contributed by atoms with Crippen molar-refractivity contribution in [1.29, 1.82) is 0 Å². The molecule has 8 heteroatoms. The lowest BCUT2D eigenvalue weighted by Crippen LogP contribution is -2.41. The van der Waals surface area contributed by atoms with Gasteiger partial charge in [-0.05, 0) is 73.8 Å². The molecule has 1 aromatic heterocycles. The standard InChI is InChI=1S/C24H36BN3O4/c1-22(2,3)30-21(29)28(17-12-13-17)15-9-14-27-16-26-19-11-8-10-18(20(19)27)25-31-23(4,5)24(6,7)32-25/h8,10-11,16-17H,9,12-15H2,1-7H3. The van der Waals surface area contributed by atoms with Crippen LogP contribution in [0.1, 0.15) is 67.7 Å². The van der Waals surface area contributed by atoms with Gasteiger partial charge in [-0.25, -0.2) is 9.78 Å². The quantitative estimate of drug-likeness (QED) is 0.631. The van der Waals surface area contributed by atoms with Gasteiger partial charge in [0.1, 0.15) is 5.60 Å². The lowest BCUT2D eigenvalue weighted by molar-refractivity contribution is 0.00578. The van der Waals surface area contributed by atoms with E-state index in [-0.39, 0.29) is 6.09 Å². The molecule has 0 unspecified atom stereocenters. The number of benzene rings is 1. The molecular weight excluding hydrogens is 405 g/mol. The summed E-state index contributed by atoms with van der Waals surface area (Å²) in [5.74, 6) is 0. The molecule has 2 aliphatic rings. The van der Waals surface area contributed by atoms with E-state index in [1.165, 1.54) is 0 Å². The Labute approximate surface area is 191 Å². The molecule has 1 aliphatic carbocycles. The molecule has 1 saturated carbocycles. The second-order valence-corrected chi connectivity index (χ2v) is 11.0. The smallest absolute Gasteiger partial charge is 0.444 e. The number of aromatic nitrogens is 2. The van der Waals surface area contributed by atoms with Crippen LogP contribution in [0.15, 0.2) is 24.5 Å². The van der Waals surface area contributed by atoms with Gasteiger partial charge in [0.05, 0.1) is 28.6 Å². The first-order chi connectivity index (χ1) is 14.9. The second kappa shape index (κ2) is 8.06. The minimum atomic E-state index is -0.484. The molecule has 1 aliphatic heterocycles. The normalized spacial score (nSPS) is 20.0. The van der Waals surface area contributed by atoms with E-state index in [2.05, 4.69) is 43.3 Å². The van der Waals surface area contributed by atoms with Crippen molar-refractivity contribution in [3.8, 4) is 0 Å². The number of ether oxygens (including phenoxy) is 1. The lowest BCUT2D eigenvalue weighted by atomic mass is 9.78. The molecular formula is C24H36BN3O4. The third kappa shape index (κ3) is 4.67. The highest BCUT2D eigenvalue weighted by atomic mass is 16.7. The number of imidazole rings is 1. The molecule has 4 rings (SSSR count). The number of carbonyl (C=O) groups excluding carboxylic acids is 1. The second-order valence-electron chi connectivity index (χ2n) is 11.0. The Balaban J connectivity index is 1.49. The van der Waals surface area contributed by atoms with E-state index in [0.29, 0.717) is 12.6 Å². The summed E-state index contributed by atoms with van der Waals surface area (Å²) in [6.45, 7) is 15.4. The zero-order valence-corrected chi connectivity index (χ0v) is 20.5. The van der Waals surface area contributed by atoms with E-state index in [4.69, 9.17) is 14.0 Å². The molecule has 32 heavy (non-hydrogen) atoms. The van der Waals surface area contributed by atoms with Gasteiger partial charge in [0, 0.05) is 24.6 Å². The third-order valence-electron chi connectivity index (χ3n) is 6.59. The molecule has 0 atom stereocenters. The molecule has 7 nitrogen and oxygen atoms in total. The minimum absolute atomic E-state index is 0.214. The highest BCUT2D eigenvalue weighted by molar-refractivity contribution is 6.64. The van der Waals surface area contributed by atoms with Crippen LogP contribution in [0.3, 0.4) is 0 Å². The van der Waals surface area contributed by atoms with Gasteiger partial charge in [-0.3, -0.25) is 0 Å². The molecule has 0 N–H and O–H groups in total. The van der Waals surface area contributed by atoms with Crippen molar-refractivity contribution < 1.29 is 18.8 Å². The van der Waals surface area contributed by atoms with Crippen molar-refractivity contribution >= 4 is 29.7 Å². The minimum Gasteiger partial charge on any atom is -0.444 e. The number of hydrogen-bond acceptors (Lipinski definition) is 5. The Morgan fingerprint density at radius 2 is 1.88 bits per heavy atom. The summed E-state index contributed by atoms with van der Waals surface area (Å²) in [5, 5.41) is 0. The number of rotatable bonds is 6. The SMILES string of the molecule is CC(C)(C)OC(=O)N(CCCn1cnc2cccc(B3OC(C)(C)C(C)(C)O3)c21)C1CC1. The van der Waals surface area contributed by atoms with E-state index < -0.39 is 23.9 Å². The summed E-state index contributed by atoms with van der Waals surface area (Å²) in [7, 11) is -0.441. The fraction of sp³-hybridized carbons (Fsp3) is 0.667. The van der Waals surface area contributed by atoms with E-state index in [0.717, 1.165) is 42.3 Å². The first-order valence-electron chi connectivity index (χ1n) is 11.7. The van der Waals surface area contributed by atoms with Crippen LogP contribution in [0.25, 0.3) is 11.0 Å². The summed E-state index contributed by atoms with van der Waals surface area (Å²) in [6, 6.07) is 6.37. The summed E-state index contributed by atoms with van der Waals surface area (Å²) in [6.07, 6.45) is 4.58. The summed E-state index contributed by atoms with van der Waals surface area (Å²) in [5.41, 5.74) is 1.66. The van der Waals surface area contributed by atoms with Crippen LogP contribution in [0, 0.1) is 0 Å². The number of fused-ring (bicyclic) bond motifs is 1. The predicted molar refractivity (Wildman–Crippen MR) is 126 cm³/mol. The molecule has 0 spiro atoms. The molecule has 1 aromatic carbocycles. The molecule has 2 aromatic rings. The average Bonchev–Trinajstić information content (AvgIpc) is 3.37. The van der Waals surface area contributed by atoms with Crippen LogP contribution in [0.4, 0.5) is 4.79 Å². The van der Waals surface area contributed by atoms with Crippen molar-refractivity contribution in [3.05, 3.63) is 24.5 Å². The first kappa shape index (κ1) is 23.1. The van der Waals surface area contributed by atoms with Crippen LogP contribution in [0.2, 0.25) is 0 Å². The Morgan fingerprint density at radius 1 is 1.22 bits per heavy atom. The lowest BCUT2D eigenvalue weighted by Gasteiger charge is -2.32. The molecule has 2 fully saturated rings. The molecule has 0 bridgehead atoms. The first-order valence-corrected chi connectivity index (χ1v) is 11.7. The Kier molecular flexibility index (Phi) is 5.82. The molecule has 2 heterocycles. The van der Waals surface area contributed by atoms with Crippen LogP contribution in [-0.2, 0) is 20.6 Å². The van der Waals surface area contributed by atoms with Gasteiger partial charge in [-0.1, -0.05) is 12.1 Å². The Hall–Kier alpha value is -2.06. The van der Waals surface area contributed by atoms with Crippen molar-refractivity contribution in [2.45, 2.75) is 97.1 Å². The number of para-hydroxylation sites is 1. The number of nitrogens with zero attached hydrogens (tertiary/aromatic N) is 3. The van der Waals surface area contributed by atoms with E-state index in [9.17, 15) is 4.79 Å². The van der Waals surface area contributed by atoms with Crippen molar-refractivity contribution in [1.82, 2.24) is 14.5 Å². The summed E-state index contributed by atoms with van der Waals surface area (Å²) >= 11 is 0. The van der Waals surface area contributed by atoms with Gasteiger partial charge in [0.2, 0.25) is 0 Å². The fourth-order valence-electron chi connectivity index (χ4n) is 4.03. The molecule has 1 saturated heterocycles. The van der Waals surface area contributed by atoms with Crippen LogP contribution in [0.5, 0.6) is 0 Å². The summed E-state index contributed by atoms with van der Waals surface area (Å²) < 4.78 is 20.4. The topological polar surface area (TPSA) is 65.8 Å². The zero-order chi connectivity index (χ0) is 23.3. The number of aryl methyl sites for hydroxylation is 1. The maximum atomic E-state index is 12.6. The van der Waals surface area contributed by atoms with Crippen molar-refractivity contribution in [3.63, 3.8) is 0 Å². The van der Waals surface area contributed by atoms with Gasteiger partial charge >= 0.3 is 13.2 Å². The Morgan fingerprint density at radius 3 is 2.47 bits per heavy atom. The van der Waals surface area contributed by atoms with E-state index in [1.807, 2.05) is 44.1 Å². The zero-order valence-electron chi connectivity index (χ0n) is 20.5. The van der Waals surface area contributed by atoms with Gasteiger partial charge in [0.25, 0.3) is 0 Å². The van der Waals surface area contributed by atoms with E-state index >= 15 is 0 Å². The highest BCUT2D eigenvalue weighted by Crippen LogP contribution is 2.37. The largest absolute Gasteiger partial charge is 0.497 e. The van der Waals surface area contributed by atoms with Crippen molar-refractivity contribution in [2.24, 2.45) is 0 Å². The fourth-order valence-corrected chi connectivity index (χ4v) is 4.03. The number of hydrogen-bond donors (Lipinski definition) is 0. The Bertz CT molecular complexity index is 975. The summed E-state index contributed by atoms with van der Waals surface area (Å²) in [4.78, 5) is 19.1. The van der Waals surface area contributed by atoms with E-state index in [1.54, 1.807) is 0 Å². The maximum absolute atomic E-state index is 12.6. The molecule has 0 radical (unpaired) electrons. The van der Waals surface area contributed by atoms with Crippen LogP contribution in [-0.4, -0.2) is 57.1 Å². The van der Waals surface area contributed by atoms with Gasteiger partial charge < -0.3 is 23.5 Å². The van der Waals surface area contributed by atoms with Crippen LogP contribution >= 0.6 is 0 Å². The van der Waals surface area contributed by atoms with Crippen molar-refractivity contribution in [2.75, 3.05) is 6.54 Å². The molecule has 1 amide bonds. The van der Waals surface area contributed by atoms with Gasteiger partial charge in [-0.2, -0.15) is 0 Å².